The molecule has 2 aliphatic rings. The van der Waals surface area contributed by atoms with E-state index in [1.165, 1.54) is 0 Å². The van der Waals surface area contributed by atoms with E-state index in [4.69, 9.17) is 14.2 Å². The second-order valence-corrected chi connectivity index (χ2v) is 5.98. The number of rotatable bonds is 7. The molecule has 1 unspecified atom stereocenters. The molecule has 1 N–H and O–H groups in total. The van der Waals surface area contributed by atoms with Crippen molar-refractivity contribution in [1.82, 2.24) is 0 Å². The first-order chi connectivity index (χ1) is 10.2. The molecule has 0 spiro atoms. The molecule has 1 aromatic rings. The van der Waals surface area contributed by atoms with Crippen molar-refractivity contribution in [2.45, 2.75) is 37.8 Å². The normalized spacial score (nSPS) is 33.5. The summed E-state index contributed by atoms with van der Waals surface area (Å²) in [5, 5.41) is 10.4. The molecule has 1 aromatic carbocycles. The van der Waals surface area contributed by atoms with E-state index in [-0.39, 0.29) is 17.6 Å². The molecule has 1 heterocycles. The maximum absolute atomic E-state index is 10.4. The summed E-state index contributed by atoms with van der Waals surface area (Å²) in [6, 6.07) is 7.83. The van der Waals surface area contributed by atoms with Gasteiger partial charge in [-0.05, 0) is 30.5 Å². The average molecular weight is 290 g/mol. The highest BCUT2D eigenvalue weighted by Gasteiger charge is 2.62. The third-order valence-electron chi connectivity index (χ3n) is 4.54. The fourth-order valence-corrected chi connectivity index (χ4v) is 3.26. The molecule has 3 rings (SSSR count). The lowest BCUT2D eigenvalue weighted by Gasteiger charge is -2.33. The Morgan fingerprint density at radius 3 is 2.76 bits per heavy atom. The maximum atomic E-state index is 10.4. The fourth-order valence-electron chi connectivity index (χ4n) is 3.26. The minimum absolute atomic E-state index is 0.00883. The van der Waals surface area contributed by atoms with Crippen LogP contribution in [-0.2, 0) is 16.1 Å². The number of hydrogen-bond acceptors (Lipinski definition) is 4. The molecule has 1 aliphatic carbocycles. The lowest BCUT2D eigenvalue weighted by Crippen LogP contribution is -2.38. The number of benzene rings is 1. The molecule has 2 fully saturated rings. The molecule has 0 radical (unpaired) electrons. The predicted molar refractivity (Wildman–Crippen MR) is 79.2 cm³/mol. The van der Waals surface area contributed by atoms with Crippen molar-refractivity contribution in [3.8, 4) is 5.75 Å². The highest BCUT2D eigenvalue weighted by atomic mass is 16.6. The minimum atomic E-state index is -0.448. The van der Waals surface area contributed by atoms with Crippen molar-refractivity contribution in [3.63, 3.8) is 0 Å². The number of aliphatic hydroxyl groups excluding tert-OH is 1. The summed E-state index contributed by atoms with van der Waals surface area (Å²) in [5.41, 5.74) is 0.861. The smallest absolute Gasteiger partial charge is 0.118 e. The molecule has 4 nitrogen and oxygen atoms in total. The Morgan fingerprint density at radius 1 is 1.43 bits per heavy atom. The van der Waals surface area contributed by atoms with Crippen molar-refractivity contribution in [3.05, 3.63) is 42.5 Å². The standard InChI is InChI=1S/C17H22O4/c1-3-8-17(9-14-15(21-14)16(17)18)11-20-10-12-4-6-13(19-2)7-5-12/h3-7,14-16,18H,1,8-11H2,2H3/t14?,15-,16-,17-/m0/s1. The molecule has 21 heavy (non-hydrogen) atoms. The van der Waals surface area contributed by atoms with Gasteiger partial charge in [0.2, 0.25) is 0 Å². The molecular formula is C17H22O4. The Kier molecular flexibility index (Phi) is 4.02. The summed E-state index contributed by atoms with van der Waals surface area (Å²) in [4.78, 5) is 0. The molecular weight excluding hydrogens is 268 g/mol. The van der Waals surface area contributed by atoms with Crippen LogP contribution in [0, 0.1) is 5.41 Å². The van der Waals surface area contributed by atoms with Gasteiger partial charge in [-0.25, -0.2) is 0 Å². The van der Waals surface area contributed by atoms with Crippen LogP contribution in [0.5, 0.6) is 5.75 Å². The zero-order chi connectivity index (χ0) is 14.9. The van der Waals surface area contributed by atoms with Crippen LogP contribution in [-0.4, -0.2) is 37.1 Å². The average Bonchev–Trinajstić information content (AvgIpc) is 3.20. The van der Waals surface area contributed by atoms with Crippen LogP contribution in [0.2, 0.25) is 0 Å². The number of allylic oxidation sites excluding steroid dienone is 1. The lowest BCUT2D eigenvalue weighted by molar-refractivity contribution is -0.0617. The van der Waals surface area contributed by atoms with Crippen LogP contribution >= 0.6 is 0 Å². The van der Waals surface area contributed by atoms with E-state index in [0.29, 0.717) is 13.2 Å². The van der Waals surface area contributed by atoms with Gasteiger partial charge in [0.05, 0.1) is 32.5 Å². The molecule has 0 bridgehead atoms. The van der Waals surface area contributed by atoms with Gasteiger partial charge < -0.3 is 19.3 Å². The fraction of sp³-hybridized carbons (Fsp3) is 0.529. The van der Waals surface area contributed by atoms with Gasteiger partial charge in [0, 0.05) is 5.41 Å². The highest BCUT2D eigenvalue weighted by Crippen LogP contribution is 2.52. The SMILES string of the molecule is C=CC[C@@]1(COCc2ccc(OC)cc2)CC2O[C@@H]2[C@@H]1O. The molecule has 1 saturated heterocycles. The van der Waals surface area contributed by atoms with Crippen molar-refractivity contribution in [2.75, 3.05) is 13.7 Å². The lowest BCUT2D eigenvalue weighted by atomic mass is 9.80. The van der Waals surface area contributed by atoms with Gasteiger partial charge in [0.25, 0.3) is 0 Å². The number of ether oxygens (including phenoxy) is 3. The zero-order valence-electron chi connectivity index (χ0n) is 12.3. The third kappa shape index (κ3) is 2.84. The molecule has 1 aliphatic heterocycles. The van der Waals surface area contributed by atoms with Crippen molar-refractivity contribution >= 4 is 0 Å². The maximum Gasteiger partial charge on any atom is 0.118 e. The monoisotopic (exact) mass is 290 g/mol. The van der Waals surface area contributed by atoms with Crippen LogP contribution < -0.4 is 4.74 Å². The summed E-state index contributed by atoms with van der Waals surface area (Å²) in [6.07, 6.45) is 3.25. The summed E-state index contributed by atoms with van der Waals surface area (Å²) in [6.45, 7) is 4.87. The molecule has 0 amide bonds. The van der Waals surface area contributed by atoms with Crippen LogP contribution in [0.25, 0.3) is 0 Å². The van der Waals surface area contributed by atoms with Crippen molar-refractivity contribution in [1.29, 1.82) is 0 Å². The van der Waals surface area contributed by atoms with Gasteiger partial charge >= 0.3 is 0 Å². The van der Waals surface area contributed by atoms with Gasteiger partial charge in [-0.15, -0.1) is 6.58 Å². The summed E-state index contributed by atoms with van der Waals surface area (Å²) >= 11 is 0. The molecule has 1 saturated carbocycles. The zero-order valence-corrected chi connectivity index (χ0v) is 12.3. The van der Waals surface area contributed by atoms with E-state index in [9.17, 15) is 5.11 Å². The number of aliphatic hydroxyl groups is 1. The van der Waals surface area contributed by atoms with Crippen molar-refractivity contribution in [2.24, 2.45) is 5.41 Å². The van der Waals surface area contributed by atoms with Crippen LogP contribution in [0.3, 0.4) is 0 Å². The third-order valence-corrected chi connectivity index (χ3v) is 4.54. The van der Waals surface area contributed by atoms with Gasteiger partial charge in [-0.3, -0.25) is 0 Å². The number of methoxy groups -OCH3 is 1. The summed E-state index contributed by atoms with van der Waals surface area (Å²) in [5.74, 6) is 0.838. The Labute approximate surface area is 125 Å². The van der Waals surface area contributed by atoms with Gasteiger partial charge in [0.15, 0.2) is 0 Å². The number of hydrogen-bond donors (Lipinski definition) is 1. The molecule has 4 heteroatoms. The van der Waals surface area contributed by atoms with Crippen molar-refractivity contribution < 1.29 is 19.3 Å². The largest absolute Gasteiger partial charge is 0.497 e. The second kappa shape index (κ2) is 5.79. The Hall–Kier alpha value is -1.36. The minimum Gasteiger partial charge on any atom is -0.497 e. The summed E-state index contributed by atoms with van der Waals surface area (Å²) in [7, 11) is 1.65. The predicted octanol–water partition coefficient (Wildman–Crippen LogP) is 2.31. The van der Waals surface area contributed by atoms with Crippen LogP contribution in [0.1, 0.15) is 18.4 Å². The Bertz CT molecular complexity index is 498. The molecule has 114 valence electrons. The molecule has 4 atom stereocenters. The van der Waals surface area contributed by atoms with E-state index in [1.54, 1.807) is 7.11 Å². The van der Waals surface area contributed by atoms with Gasteiger partial charge in [-0.2, -0.15) is 0 Å². The topological polar surface area (TPSA) is 51.2 Å². The van der Waals surface area contributed by atoms with E-state index in [0.717, 1.165) is 24.2 Å². The quantitative estimate of drug-likeness (QED) is 0.618. The number of epoxide rings is 1. The summed E-state index contributed by atoms with van der Waals surface area (Å²) < 4.78 is 16.4. The van der Waals surface area contributed by atoms with Gasteiger partial charge in [-0.1, -0.05) is 18.2 Å². The number of fused-ring (bicyclic) bond motifs is 1. The van der Waals surface area contributed by atoms with E-state index in [2.05, 4.69) is 6.58 Å². The van der Waals surface area contributed by atoms with E-state index >= 15 is 0 Å². The first-order valence-electron chi connectivity index (χ1n) is 7.33. The Balaban J connectivity index is 1.56. The first-order valence-corrected chi connectivity index (χ1v) is 7.33. The first kappa shape index (κ1) is 14.6. The highest BCUT2D eigenvalue weighted by molar-refractivity contribution is 5.26. The Morgan fingerprint density at radius 2 is 2.19 bits per heavy atom. The second-order valence-electron chi connectivity index (χ2n) is 5.98. The van der Waals surface area contributed by atoms with Crippen LogP contribution in [0.4, 0.5) is 0 Å². The van der Waals surface area contributed by atoms with E-state index < -0.39 is 6.10 Å². The molecule has 0 aromatic heterocycles. The van der Waals surface area contributed by atoms with Gasteiger partial charge in [0.1, 0.15) is 11.9 Å². The van der Waals surface area contributed by atoms with Crippen LogP contribution in [0.15, 0.2) is 36.9 Å². The van der Waals surface area contributed by atoms with E-state index in [1.807, 2.05) is 30.3 Å².